The number of amides is 1. The molecule has 25 heavy (non-hydrogen) atoms. The number of aromatic nitrogens is 3. The Balaban J connectivity index is 1.37. The van der Waals surface area contributed by atoms with Crippen LogP contribution in [0.4, 0.5) is 5.82 Å². The Morgan fingerprint density at radius 1 is 1.40 bits per heavy atom. The highest BCUT2D eigenvalue weighted by atomic mass is 32.1. The number of hydrogen-bond acceptors (Lipinski definition) is 8. The molecule has 0 radical (unpaired) electrons. The predicted octanol–water partition coefficient (Wildman–Crippen LogP) is 1.36. The first kappa shape index (κ1) is 15.9. The normalized spacial score (nSPS) is 22.6. The number of nitrogens with zero attached hydrogens (tertiary/aromatic N) is 5. The highest BCUT2D eigenvalue weighted by molar-refractivity contribution is 7.07. The molecule has 1 amide bonds. The molecule has 1 N–H and O–H groups in total. The van der Waals surface area contributed by atoms with E-state index in [-0.39, 0.29) is 5.91 Å². The number of rotatable bonds is 4. The summed E-state index contributed by atoms with van der Waals surface area (Å²) >= 11 is 1.51. The summed E-state index contributed by atoms with van der Waals surface area (Å²) in [5.74, 6) is 0.633. The number of thiazole rings is 1. The lowest BCUT2D eigenvalue weighted by molar-refractivity contribution is -0.115. The third kappa shape index (κ3) is 3.46. The molecule has 1 atom stereocenters. The molecule has 0 saturated carbocycles. The molecule has 9 heteroatoms. The third-order valence-electron chi connectivity index (χ3n) is 4.43. The summed E-state index contributed by atoms with van der Waals surface area (Å²) in [6.07, 6.45) is 7.42. The van der Waals surface area contributed by atoms with E-state index in [2.05, 4.69) is 30.3 Å². The van der Waals surface area contributed by atoms with E-state index >= 15 is 0 Å². The Morgan fingerprint density at radius 2 is 2.36 bits per heavy atom. The zero-order chi connectivity index (χ0) is 17.1. The second-order valence-corrected chi connectivity index (χ2v) is 6.96. The van der Waals surface area contributed by atoms with Gasteiger partial charge < -0.3 is 15.1 Å². The fourth-order valence-electron chi connectivity index (χ4n) is 3.21. The lowest BCUT2D eigenvalue weighted by Gasteiger charge is -2.38. The quantitative estimate of drug-likeness (QED) is 0.887. The number of carbonyl (C=O) groups excluding carboxylic acids is 1. The smallest absolute Gasteiger partial charge is 0.269 e. The summed E-state index contributed by atoms with van der Waals surface area (Å²) in [4.78, 5) is 32.8. The Bertz CT molecular complexity index is 766. The average molecular weight is 358 g/mol. The highest BCUT2D eigenvalue weighted by Crippen LogP contribution is 2.34. The topological polar surface area (TPSA) is 92.6 Å². The van der Waals surface area contributed by atoms with Crippen molar-refractivity contribution in [2.45, 2.75) is 31.4 Å². The van der Waals surface area contributed by atoms with Gasteiger partial charge in [-0.1, -0.05) is 5.16 Å². The van der Waals surface area contributed by atoms with Crippen molar-refractivity contribution in [3.8, 4) is 0 Å². The first-order valence-electron chi connectivity index (χ1n) is 8.15. The molecule has 0 aromatic carbocycles. The third-order valence-corrected chi connectivity index (χ3v) is 5.06. The van der Waals surface area contributed by atoms with Crippen molar-refractivity contribution >= 4 is 28.8 Å². The molecule has 2 aliphatic heterocycles. The van der Waals surface area contributed by atoms with Crippen molar-refractivity contribution in [3.05, 3.63) is 35.2 Å². The molecule has 2 aromatic heterocycles. The number of anilines is 1. The second kappa shape index (κ2) is 6.75. The number of hydrogen-bond donors (Lipinski definition) is 1. The highest BCUT2D eigenvalue weighted by Gasteiger charge is 2.44. The fourth-order valence-corrected chi connectivity index (χ4v) is 3.77. The van der Waals surface area contributed by atoms with E-state index in [0.29, 0.717) is 25.2 Å². The van der Waals surface area contributed by atoms with Crippen LogP contribution in [0.3, 0.4) is 0 Å². The molecule has 1 saturated heterocycles. The SMILES string of the molecule is O=C(NCc1cscn1)C1=NOC2(CCCN(c3cnccn3)C2)C1. The van der Waals surface area contributed by atoms with E-state index in [1.165, 1.54) is 11.3 Å². The van der Waals surface area contributed by atoms with Gasteiger partial charge in [-0.3, -0.25) is 9.78 Å². The van der Waals surface area contributed by atoms with E-state index in [0.717, 1.165) is 30.9 Å². The maximum absolute atomic E-state index is 12.3. The van der Waals surface area contributed by atoms with Gasteiger partial charge in [-0.2, -0.15) is 0 Å². The van der Waals surface area contributed by atoms with Gasteiger partial charge in [0.15, 0.2) is 5.60 Å². The van der Waals surface area contributed by atoms with Gasteiger partial charge in [-0.25, -0.2) is 9.97 Å². The van der Waals surface area contributed by atoms with Crippen LogP contribution in [0, 0.1) is 0 Å². The van der Waals surface area contributed by atoms with Crippen LogP contribution in [0.25, 0.3) is 0 Å². The van der Waals surface area contributed by atoms with Crippen LogP contribution in [0.1, 0.15) is 25.0 Å². The van der Waals surface area contributed by atoms with Crippen molar-refractivity contribution in [1.29, 1.82) is 0 Å². The lowest BCUT2D eigenvalue weighted by Crippen LogP contribution is -2.49. The lowest BCUT2D eigenvalue weighted by atomic mass is 9.88. The van der Waals surface area contributed by atoms with Gasteiger partial charge in [0.1, 0.15) is 11.5 Å². The van der Waals surface area contributed by atoms with Crippen LogP contribution in [-0.4, -0.2) is 45.3 Å². The van der Waals surface area contributed by atoms with Crippen LogP contribution < -0.4 is 10.2 Å². The van der Waals surface area contributed by atoms with Crippen LogP contribution >= 0.6 is 11.3 Å². The van der Waals surface area contributed by atoms with Crippen molar-refractivity contribution in [1.82, 2.24) is 20.3 Å². The van der Waals surface area contributed by atoms with E-state index in [1.54, 1.807) is 24.1 Å². The van der Waals surface area contributed by atoms with Gasteiger partial charge in [-0.15, -0.1) is 11.3 Å². The fraction of sp³-hybridized carbons (Fsp3) is 0.438. The summed E-state index contributed by atoms with van der Waals surface area (Å²) < 4.78 is 0. The summed E-state index contributed by atoms with van der Waals surface area (Å²) in [6.45, 7) is 1.95. The van der Waals surface area contributed by atoms with E-state index in [9.17, 15) is 4.79 Å². The number of oxime groups is 1. The molecule has 4 heterocycles. The summed E-state index contributed by atoms with van der Waals surface area (Å²) in [5, 5.41) is 8.83. The summed E-state index contributed by atoms with van der Waals surface area (Å²) in [7, 11) is 0. The number of piperidine rings is 1. The van der Waals surface area contributed by atoms with Crippen LogP contribution in [0.15, 0.2) is 34.6 Å². The molecule has 0 aliphatic carbocycles. The maximum atomic E-state index is 12.3. The van der Waals surface area contributed by atoms with Gasteiger partial charge >= 0.3 is 0 Å². The largest absolute Gasteiger partial charge is 0.386 e. The average Bonchev–Trinajstić information content (AvgIpc) is 3.31. The van der Waals surface area contributed by atoms with Crippen LogP contribution in [-0.2, 0) is 16.2 Å². The van der Waals surface area contributed by atoms with Crippen molar-refractivity contribution < 1.29 is 9.63 Å². The molecular formula is C16H18N6O2S. The molecule has 1 unspecified atom stereocenters. The summed E-state index contributed by atoms with van der Waals surface area (Å²) in [5.41, 5.74) is 2.58. The Morgan fingerprint density at radius 3 is 3.16 bits per heavy atom. The monoisotopic (exact) mass is 358 g/mol. The van der Waals surface area contributed by atoms with Gasteiger partial charge in [0.25, 0.3) is 5.91 Å². The van der Waals surface area contributed by atoms with Gasteiger partial charge in [0.05, 0.1) is 30.5 Å². The van der Waals surface area contributed by atoms with Crippen LogP contribution in [0.2, 0.25) is 0 Å². The zero-order valence-corrected chi connectivity index (χ0v) is 14.4. The molecule has 1 fully saturated rings. The molecule has 2 aromatic rings. The van der Waals surface area contributed by atoms with E-state index in [1.807, 2.05) is 5.38 Å². The van der Waals surface area contributed by atoms with Crippen molar-refractivity contribution in [2.75, 3.05) is 18.0 Å². The minimum Gasteiger partial charge on any atom is -0.386 e. The second-order valence-electron chi connectivity index (χ2n) is 6.24. The van der Waals surface area contributed by atoms with Crippen molar-refractivity contribution in [3.63, 3.8) is 0 Å². The minimum absolute atomic E-state index is 0.193. The minimum atomic E-state index is -0.455. The predicted molar refractivity (Wildman–Crippen MR) is 93.3 cm³/mol. The van der Waals surface area contributed by atoms with E-state index < -0.39 is 5.60 Å². The number of nitrogens with one attached hydrogen (secondary N) is 1. The molecule has 2 aliphatic rings. The van der Waals surface area contributed by atoms with Gasteiger partial charge in [0, 0.05) is 30.7 Å². The zero-order valence-electron chi connectivity index (χ0n) is 13.6. The maximum Gasteiger partial charge on any atom is 0.269 e. The molecule has 0 bridgehead atoms. The Labute approximate surface area is 148 Å². The first-order valence-corrected chi connectivity index (χ1v) is 9.10. The molecule has 8 nitrogen and oxygen atoms in total. The molecule has 4 rings (SSSR count). The Hall–Kier alpha value is -2.55. The Kier molecular flexibility index (Phi) is 4.31. The summed E-state index contributed by atoms with van der Waals surface area (Å²) in [6, 6.07) is 0. The first-order chi connectivity index (χ1) is 12.2. The molecule has 130 valence electrons. The molecular weight excluding hydrogens is 340 g/mol. The van der Waals surface area contributed by atoms with Gasteiger partial charge in [-0.05, 0) is 12.8 Å². The van der Waals surface area contributed by atoms with Crippen molar-refractivity contribution in [2.24, 2.45) is 5.16 Å². The van der Waals surface area contributed by atoms with Crippen LogP contribution in [0.5, 0.6) is 0 Å². The van der Waals surface area contributed by atoms with E-state index in [4.69, 9.17) is 4.84 Å². The standard InChI is InChI=1S/C16H18N6O2S/c23-15(19-7-12-9-25-11-20-12)13-6-16(24-21-13)2-1-5-22(10-16)14-8-17-3-4-18-14/h3-4,8-9,11H,1-2,5-7,10H2,(H,19,23). The number of carbonyl (C=O) groups is 1. The van der Waals surface area contributed by atoms with Gasteiger partial charge in [0.2, 0.25) is 0 Å². The molecule has 1 spiro atoms.